The van der Waals surface area contributed by atoms with E-state index in [9.17, 15) is 0 Å². The lowest BCUT2D eigenvalue weighted by Crippen LogP contribution is -1.92. The van der Waals surface area contributed by atoms with Gasteiger partial charge in [0.1, 0.15) is 0 Å². The van der Waals surface area contributed by atoms with Crippen LogP contribution in [0.15, 0.2) is 30.3 Å². The van der Waals surface area contributed by atoms with E-state index in [4.69, 9.17) is 0 Å². The van der Waals surface area contributed by atoms with Crippen LogP contribution in [0.2, 0.25) is 0 Å². The zero-order valence-electron chi connectivity index (χ0n) is 6.49. The first kappa shape index (κ1) is 7.23. The van der Waals surface area contributed by atoms with Crippen LogP contribution in [0.1, 0.15) is 23.7 Å². The van der Waals surface area contributed by atoms with Gasteiger partial charge in [0.25, 0.3) is 0 Å². The van der Waals surface area contributed by atoms with Gasteiger partial charge in [0.05, 0.1) is 0 Å². The van der Waals surface area contributed by atoms with Crippen molar-refractivity contribution in [1.29, 1.82) is 0 Å². The highest BCUT2D eigenvalue weighted by atomic mass is 32.2. The average molecular weight is 164 g/mol. The second-order valence-electron chi connectivity index (χ2n) is 2.91. The molecule has 1 saturated heterocycles. The van der Waals surface area contributed by atoms with E-state index in [-0.39, 0.29) is 0 Å². The van der Waals surface area contributed by atoms with Crippen LogP contribution in [0.25, 0.3) is 0 Å². The largest absolute Gasteiger partial charge is 0.205 e. The van der Waals surface area contributed by atoms with Crippen molar-refractivity contribution >= 4 is 11.8 Å². The zero-order valence-corrected chi connectivity index (χ0v) is 7.31. The Balaban J connectivity index is 2.16. The Kier molecular flexibility index (Phi) is 2.18. The maximum absolute atomic E-state index is 2.24. The van der Waals surface area contributed by atoms with E-state index in [0.717, 1.165) is 5.25 Å². The van der Waals surface area contributed by atoms with Crippen LogP contribution in [0.3, 0.4) is 0 Å². The van der Waals surface area contributed by atoms with Gasteiger partial charge in [0.2, 0.25) is 11.8 Å². The minimum absolute atomic E-state index is 0.788. The van der Waals surface area contributed by atoms with Gasteiger partial charge in [-0.15, -0.1) is 0 Å². The van der Waals surface area contributed by atoms with Gasteiger partial charge in [0.15, 0.2) is 11.0 Å². The van der Waals surface area contributed by atoms with Crippen LogP contribution in [-0.4, -0.2) is 5.75 Å². The lowest BCUT2D eigenvalue weighted by Gasteiger charge is -1.97. The van der Waals surface area contributed by atoms with Crippen molar-refractivity contribution in [3.8, 4) is 0 Å². The molecule has 0 spiro atoms. The summed E-state index contributed by atoms with van der Waals surface area (Å²) in [5, 5.41) is 0.788. The Morgan fingerprint density at radius 3 is 2.64 bits per heavy atom. The van der Waals surface area contributed by atoms with E-state index in [1.54, 1.807) is 0 Å². The molecule has 1 atom stereocenters. The third-order valence-electron chi connectivity index (χ3n) is 2.10. The zero-order chi connectivity index (χ0) is 7.52. The fourth-order valence-corrected chi connectivity index (χ4v) is 2.81. The average Bonchev–Trinajstić information content (AvgIpc) is 2.58. The molecule has 0 nitrogen and oxygen atoms in total. The third-order valence-corrected chi connectivity index (χ3v) is 3.54. The molecule has 1 aliphatic heterocycles. The molecule has 0 N–H and O–H groups in total. The molecule has 1 heterocycles. The number of benzene rings is 1. The molecule has 1 fully saturated rings. The van der Waals surface area contributed by atoms with Crippen LogP contribution < -0.4 is 0 Å². The predicted molar refractivity (Wildman–Crippen MR) is 50.6 cm³/mol. The van der Waals surface area contributed by atoms with Gasteiger partial charge >= 0.3 is 0 Å². The molecule has 1 aromatic carbocycles. The minimum atomic E-state index is 0.788. The molecule has 0 amide bonds. The molecular formula is C10H12S+. The monoisotopic (exact) mass is 164 g/mol. The van der Waals surface area contributed by atoms with E-state index in [2.05, 4.69) is 42.1 Å². The standard InChI is InChI=1S/C10H12S/c1-2-5-9(6-3-1)10-7-4-8-11-10/h1-3,5-6,10H,4,7-8H2/q+1. The van der Waals surface area contributed by atoms with Crippen molar-refractivity contribution in [1.82, 2.24) is 0 Å². The first-order valence-corrected chi connectivity index (χ1v) is 5.18. The molecular weight excluding hydrogens is 152 g/mol. The summed E-state index contributed by atoms with van der Waals surface area (Å²) in [5.74, 6) is 1.35. The van der Waals surface area contributed by atoms with Crippen LogP contribution in [0.4, 0.5) is 0 Å². The van der Waals surface area contributed by atoms with Gasteiger partial charge in [0, 0.05) is 18.4 Å². The van der Waals surface area contributed by atoms with Crippen molar-refractivity contribution in [2.75, 3.05) is 5.75 Å². The normalized spacial score (nSPS) is 23.8. The Morgan fingerprint density at radius 1 is 1.18 bits per heavy atom. The maximum atomic E-state index is 2.24. The highest BCUT2D eigenvalue weighted by molar-refractivity contribution is 7.79. The topological polar surface area (TPSA) is 0 Å². The Morgan fingerprint density at radius 2 is 2.00 bits per heavy atom. The predicted octanol–water partition coefficient (Wildman–Crippen LogP) is 2.60. The van der Waals surface area contributed by atoms with E-state index in [1.807, 2.05) is 0 Å². The van der Waals surface area contributed by atoms with Gasteiger partial charge in [-0.2, -0.15) is 0 Å². The lowest BCUT2D eigenvalue weighted by molar-refractivity contribution is 0.829. The third kappa shape index (κ3) is 1.59. The molecule has 0 bridgehead atoms. The second kappa shape index (κ2) is 3.31. The fourth-order valence-electron chi connectivity index (χ4n) is 1.51. The van der Waals surface area contributed by atoms with Gasteiger partial charge < -0.3 is 0 Å². The van der Waals surface area contributed by atoms with Gasteiger partial charge in [-0.25, -0.2) is 0 Å². The summed E-state index contributed by atoms with van der Waals surface area (Å²) >= 11 is 2.10. The second-order valence-corrected chi connectivity index (χ2v) is 4.22. The molecule has 0 aliphatic carbocycles. The van der Waals surface area contributed by atoms with Gasteiger partial charge in [-0.1, -0.05) is 30.3 Å². The molecule has 0 aromatic heterocycles. The molecule has 2 rings (SSSR count). The van der Waals surface area contributed by atoms with Crippen LogP contribution in [0.5, 0.6) is 0 Å². The van der Waals surface area contributed by atoms with Crippen molar-refractivity contribution in [3.05, 3.63) is 35.9 Å². The molecule has 1 radical (unpaired) electrons. The first-order chi connectivity index (χ1) is 5.47. The minimum Gasteiger partial charge on any atom is -0.0622 e. The number of hydrogen-bond acceptors (Lipinski definition) is 1. The molecule has 11 heavy (non-hydrogen) atoms. The molecule has 57 valence electrons. The van der Waals surface area contributed by atoms with E-state index < -0.39 is 0 Å². The van der Waals surface area contributed by atoms with Crippen LogP contribution >= 0.6 is 0 Å². The first-order valence-electron chi connectivity index (χ1n) is 4.13. The summed E-state index contributed by atoms with van der Waals surface area (Å²) in [5.41, 5.74) is 1.51. The van der Waals surface area contributed by atoms with Crippen molar-refractivity contribution < 1.29 is 0 Å². The van der Waals surface area contributed by atoms with E-state index >= 15 is 0 Å². The SMILES string of the molecule is c1ccc(C2CCC[S+]2)cc1. The summed E-state index contributed by atoms with van der Waals surface area (Å²) in [6, 6.07) is 10.8. The smallest absolute Gasteiger partial charge is 0.0622 e. The Bertz CT molecular complexity index is 212. The maximum Gasteiger partial charge on any atom is 0.205 e. The number of hydrogen-bond donors (Lipinski definition) is 0. The van der Waals surface area contributed by atoms with Crippen LogP contribution in [-0.2, 0) is 11.8 Å². The summed E-state index contributed by atoms with van der Waals surface area (Å²) in [4.78, 5) is 0. The highest BCUT2D eigenvalue weighted by Crippen LogP contribution is 2.28. The summed E-state index contributed by atoms with van der Waals surface area (Å²) in [6.07, 6.45) is 2.76. The molecule has 1 heteroatoms. The van der Waals surface area contributed by atoms with Gasteiger partial charge in [-0.05, 0) is 0 Å². The molecule has 0 saturated carbocycles. The van der Waals surface area contributed by atoms with Crippen LogP contribution in [0, 0.1) is 0 Å². The number of thioether (sulfide) groups is 1. The quantitative estimate of drug-likeness (QED) is 0.575. The molecule has 1 unspecified atom stereocenters. The lowest BCUT2D eigenvalue weighted by atomic mass is 10.1. The number of rotatable bonds is 1. The summed E-state index contributed by atoms with van der Waals surface area (Å²) in [7, 11) is 0. The Labute approximate surface area is 72.0 Å². The van der Waals surface area contributed by atoms with E-state index in [1.165, 1.54) is 24.2 Å². The van der Waals surface area contributed by atoms with Crippen molar-refractivity contribution in [3.63, 3.8) is 0 Å². The molecule has 1 aliphatic rings. The highest BCUT2D eigenvalue weighted by Gasteiger charge is 2.30. The van der Waals surface area contributed by atoms with E-state index in [0.29, 0.717) is 0 Å². The van der Waals surface area contributed by atoms with Crippen molar-refractivity contribution in [2.24, 2.45) is 0 Å². The summed E-state index contributed by atoms with van der Waals surface area (Å²) < 4.78 is 0. The summed E-state index contributed by atoms with van der Waals surface area (Å²) in [6.45, 7) is 0. The Hall–Kier alpha value is -0.430. The van der Waals surface area contributed by atoms with Crippen molar-refractivity contribution in [2.45, 2.75) is 18.1 Å². The van der Waals surface area contributed by atoms with Gasteiger partial charge in [-0.3, -0.25) is 0 Å². The fraction of sp³-hybridized carbons (Fsp3) is 0.400. The molecule has 1 aromatic rings.